The second kappa shape index (κ2) is 7.73. The minimum absolute atomic E-state index is 0.0302. The van der Waals surface area contributed by atoms with Crippen molar-refractivity contribution < 1.29 is 23.5 Å². The van der Waals surface area contributed by atoms with E-state index in [2.05, 4.69) is 11.9 Å². The standard InChI is InChI=1S/C27H30N2O5/c1-16(30)33-22-7-8-23-25-18(22)14-21-19-5-6-20(26(34-23)27(19,25)11-12-28(21)2)29(3)24(31)9-4-17-10-13-32-15-17/h4,7-10,13,15,19-21,26H,5-6,11-12,14H2,1-3H3/b9-4+/t19-,20-,21+,26-,27-/m0/s1. The number of furan rings is 1. The molecule has 4 aliphatic rings. The van der Waals surface area contributed by atoms with Gasteiger partial charge in [0.2, 0.25) is 5.91 Å². The zero-order valence-corrected chi connectivity index (χ0v) is 19.8. The van der Waals surface area contributed by atoms with Crippen LogP contribution in [0, 0.1) is 5.92 Å². The van der Waals surface area contributed by atoms with E-state index in [0.29, 0.717) is 17.7 Å². The average molecular weight is 463 g/mol. The summed E-state index contributed by atoms with van der Waals surface area (Å²) in [7, 11) is 4.08. The van der Waals surface area contributed by atoms with E-state index >= 15 is 0 Å². The van der Waals surface area contributed by atoms with Crippen LogP contribution < -0.4 is 9.47 Å². The molecule has 178 valence electrons. The Labute approximate surface area is 199 Å². The van der Waals surface area contributed by atoms with Gasteiger partial charge in [-0.15, -0.1) is 0 Å². The average Bonchev–Trinajstić information content (AvgIpc) is 3.45. The topological polar surface area (TPSA) is 72.2 Å². The lowest BCUT2D eigenvalue weighted by molar-refractivity contribution is -0.135. The van der Waals surface area contributed by atoms with Gasteiger partial charge in [-0.25, -0.2) is 0 Å². The Morgan fingerprint density at radius 2 is 2.12 bits per heavy atom. The quantitative estimate of drug-likeness (QED) is 0.394. The summed E-state index contributed by atoms with van der Waals surface area (Å²) in [5, 5.41) is 0. The number of carbonyl (C=O) groups is 2. The molecule has 7 heteroatoms. The van der Waals surface area contributed by atoms with Gasteiger partial charge in [0.15, 0.2) is 0 Å². The number of amides is 1. The van der Waals surface area contributed by atoms with Gasteiger partial charge in [-0.1, -0.05) is 0 Å². The summed E-state index contributed by atoms with van der Waals surface area (Å²) in [4.78, 5) is 29.3. The zero-order chi connectivity index (χ0) is 23.6. The summed E-state index contributed by atoms with van der Waals surface area (Å²) in [5.41, 5.74) is 3.03. The highest BCUT2D eigenvalue weighted by Crippen LogP contribution is 2.63. The number of likely N-dealkylation sites (tertiary alicyclic amines) is 1. The van der Waals surface area contributed by atoms with Gasteiger partial charge in [-0.05, 0) is 69.5 Å². The number of esters is 1. The lowest BCUT2D eigenvalue weighted by Gasteiger charge is -2.59. The van der Waals surface area contributed by atoms with Crippen LogP contribution in [0.15, 0.2) is 41.2 Å². The molecule has 7 nitrogen and oxygen atoms in total. The number of benzene rings is 1. The number of hydrogen-bond acceptors (Lipinski definition) is 6. The maximum atomic E-state index is 13.1. The fraction of sp³-hybridized carbons (Fsp3) is 0.481. The predicted molar refractivity (Wildman–Crippen MR) is 126 cm³/mol. The van der Waals surface area contributed by atoms with Gasteiger partial charge in [0.1, 0.15) is 17.6 Å². The third-order valence-electron chi connectivity index (χ3n) is 8.63. The molecule has 1 amide bonds. The SMILES string of the molecule is CC(=O)Oc1ccc2c3c1C[C@@H]1[C@@H]4CC[C@H](N(C)C(=O)/C=C/c5ccoc5)[C@H](O2)[C@]34CCN1C. The van der Waals surface area contributed by atoms with Crippen LogP contribution in [-0.2, 0) is 21.4 Å². The first-order valence-corrected chi connectivity index (χ1v) is 12.1. The van der Waals surface area contributed by atoms with E-state index in [4.69, 9.17) is 13.9 Å². The molecule has 1 saturated heterocycles. The van der Waals surface area contributed by atoms with Gasteiger partial charge in [0.05, 0.1) is 18.6 Å². The Morgan fingerprint density at radius 1 is 1.26 bits per heavy atom. The van der Waals surface area contributed by atoms with E-state index in [0.717, 1.165) is 49.1 Å². The van der Waals surface area contributed by atoms with E-state index in [1.54, 1.807) is 24.7 Å². The molecule has 0 unspecified atom stereocenters. The van der Waals surface area contributed by atoms with E-state index in [9.17, 15) is 9.59 Å². The Hall–Kier alpha value is -3.06. The number of nitrogens with zero attached hydrogens (tertiary/aromatic N) is 2. The summed E-state index contributed by atoms with van der Waals surface area (Å²) in [6.07, 6.45) is 10.3. The summed E-state index contributed by atoms with van der Waals surface area (Å²) in [6.45, 7) is 2.44. The Balaban J connectivity index is 1.39. The van der Waals surface area contributed by atoms with Crippen molar-refractivity contribution in [1.29, 1.82) is 0 Å². The van der Waals surface area contributed by atoms with Crippen LogP contribution in [0.3, 0.4) is 0 Å². The summed E-state index contributed by atoms with van der Waals surface area (Å²) < 4.78 is 17.5. The summed E-state index contributed by atoms with van der Waals surface area (Å²) in [5.74, 6) is 1.66. The van der Waals surface area contributed by atoms with Crippen LogP contribution in [0.4, 0.5) is 0 Å². The van der Waals surface area contributed by atoms with Gasteiger partial charge < -0.3 is 23.7 Å². The highest BCUT2D eigenvalue weighted by Gasteiger charge is 2.66. The molecule has 1 aromatic carbocycles. The van der Waals surface area contributed by atoms with E-state index in [1.807, 2.05) is 30.1 Å². The number of piperidine rings is 1. The van der Waals surface area contributed by atoms with Crippen LogP contribution in [0.5, 0.6) is 11.5 Å². The summed E-state index contributed by atoms with van der Waals surface area (Å²) >= 11 is 0. The van der Waals surface area contributed by atoms with Crippen molar-refractivity contribution >= 4 is 18.0 Å². The second-order valence-electron chi connectivity index (χ2n) is 10.2. The Kier molecular flexibility index (Phi) is 4.88. The van der Waals surface area contributed by atoms with Crippen molar-refractivity contribution in [2.75, 3.05) is 20.6 Å². The fourth-order valence-corrected chi connectivity index (χ4v) is 7.18. The predicted octanol–water partition coefficient (Wildman–Crippen LogP) is 3.41. The molecule has 2 aliphatic carbocycles. The first-order valence-electron chi connectivity index (χ1n) is 12.1. The number of likely N-dealkylation sites (N-methyl/N-ethyl adjacent to an activating group) is 2. The molecule has 3 heterocycles. The molecule has 34 heavy (non-hydrogen) atoms. The van der Waals surface area contributed by atoms with Crippen LogP contribution in [-0.4, -0.2) is 60.5 Å². The third kappa shape index (κ3) is 2.99. The van der Waals surface area contributed by atoms with Crippen molar-refractivity contribution in [2.24, 2.45) is 5.92 Å². The molecule has 6 rings (SSSR count). The van der Waals surface area contributed by atoms with Crippen LogP contribution in [0.1, 0.15) is 42.9 Å². The zero-order valence-electron chi connectivity index (χ0n) is 19.8. The van der Waals surface area contributed by atoms with E-state index in [1.165, 1.54) is 12.5 Å². The first kappa shape index (κ1) is 21.5. The molecule has 2 fully saturated rings. The molecule has 1 saturated carbocycles. The van der Waals surface area contributed by atoms with E-state index < -0.39 is 0 Å². The monoisotopic (exact) mass is 462 g/mol. The van der Waals surface area contributed by atoms with Gasteiger partial charge in [0, 0.05) is 48.2 Å². The number of rotatable bonds is 4. The summed E-state index contributed by atoms with van der Waals surface area (Å²) in [6, 6.07) is 6.00. The molecule has 2 aromatic rings. The molecule has 1 spiro atoms. The lowest BCUT2D eigenvalue weighted by atomic mass is 9.51. The molecule has 1 aromatic heterocycles. The van der Waals surface area contributed by atoms with Crippen molar-refractivity contribution in [3.8, 4) is 11.5 Å². The fourth-order valence-electron chi connectivity index (χ4n) is 7.18. The Morgan fingerprint density at radius 3 is 2.88 bits per heavy atom. The van der Waals surface area contributed by atoms with Crippen molar-refractivity contribution in [3.63, 3.8) is 0 Å². The van der Waals surface area contributed by atoms with Gasteiger partial charge in [-0.3, -0.25) is 9.59 Å². The van der Waals surface area contributed by atoms with Crippen molar-refractivity contribution in [3.05, 3.63) is 53.5 Å². The Bertz CT molecular complexity index is 1170. The van der Waals surface area contributed by atoms with Crippen molar-refractivity contribution in [1.82, 2.24) is 9.80 Å². The van der Waals surface area contributed by atoms with Gasteiger partial charge in [0.25, 0.3) is 0 Å². The maximum absolute atomic E-state index is 13.1. The third-order valence-corrected chi connectivity index (χ3v) is 8.63. The molecule has 0 N–H and O–H groups in total. The number of hydrogen-bond donors (Lipinski definition) is 0. The maximum Gasteiger partial charge on any atom is 0.308 e. The van der Waals surface area contributed by atoms with Crippen LogP contribution in [0.25, 0.3) is 6.08 Å². The molecule has 5 atom stereocenters. The van der Waals surface area contributed by atoms with Crippen LogP contribution in [0.2, 0.25) is 0 Å². The number of carbonyl (C=O) groups excluding carboxylic acids is 2. The van der Waals surface area contributed by atoms with E-state index in [-0.39, 0.29) is 29.4 Å². The smallest absolute Gasteiger partial charge is 0.308 e. The van der Waals surface area contributed by atoms with Gasteiger partial charge >= 0.3 is 5.97 Å². The highest BCUT2D eigenvalue weighted by atomic mass is 16.5. The largest absolute Gasteiger partial charge is 0.487 e. The molecular formula is C27H30N2O5. The second-order valence-corrected chi connectivity index (χ2v) is 10.2. The first-order chi connectivity index (χ1) is 16.4. The minimum atomic E-state index is -0.305. The van der Waals surface area contributed by atoms with Gasteiger partial charge in [-0.2, -0.15) is 0 Å². The normalized spacial score (nSPS) is 31.1. The van der Waals surface area contributed by atoms with Crippen molar-refractivity contribution in [2.45, 2.75) is 56.2 Å². The molecule has 2 aliphatic heterocycles. The highest BCUT2D eigenvalue weighted by molar-refractivity contribution is 5.91. The van der Waals surface area contributed by atoms with Crippen LogP contribution >= 0.6 is 0 Å². The number of ether oxygens (including phenoxy) is 2. The lowest BCUT2D eigenvalue weighted by Crippen LogP contribution is -2.68. The molecule has 0 radical (unpaired) electrons. The minimum Gasteiger partial charge on any atom is -0.487 e. The molecular weight excluding hydrogens is 432 g/mol. The molecule has 2 bridgehead atoms.